The smallest absolute Gasteiger partial charge is 0.0686 e. The van der Waals surface area contributed by atoms with Gasteiger partial charge in [0, 0.05) is 13.7 Å². The van der Waals surface area contributed by atoms with Crippen molar-refractivity contribution in [3.63, 3.8) is 0 Å². The first-order chi connectivity index (χ1) is 9.13. The summed E-state index contributed by atoms with van der Waals surface area (Å²) in [5.41, 5.74) is 5.40. The maximum atomic E-state index is 6.01. The Morgan fingerprint density at radius 2 is 2.37 bits per heavy atom. The molecule has 1 aliphatic carbocycles. The molecule has 1 saturated carbocycles. The molecule has 2 fully saturated rings. The van der Waals surface area contributed by atoms with E-state index in [2.05, 4.69) is 16.6 Å². The van der Waals surface area contributed by atoms with Gasteiger partial charge in [-0.1, -0.05) is 0 Å². The minimum atomic E-state index is 0.158. The molecular formula is C14H24N4O. The van der Waals surface area contributed by atoms with Crippen LogP contribution in [-0.4, -0.2) is 22.0 Å². The molecule has 1 aromatic rings. The zero-order valence-electron chi connectivity index (χ0n) is 11.9. The summed E-state index contributed by atoms with van der Waals surface area (Å²) < 4.78 is 7.95. The predicted molar refractivity (Wildman–Crippen MR) is 73.3 cm³/mol. The van der Waals surface area contributed by atoms with Crippen molar-refractivity contribution >= 4 is 0 Å². The minimum Gasteiger partial charge on any atom is -0.375 e. The summed E-state index contributed by atoms with van der Waals surface area (Å²) in [4.78, 5) is 0. The number of nitrogens with one attached hydrogen (secondary N) is 1. The average Bonchev–Trinajstić information content (AvgIpc) is 2.68. The summed E-state index contributed by atoms with van der Waals surface area (Å²) >= 11 is 0. The molecule has 2 aliphatic rings. The highest BCUT2D eigenvalue weighted by Crippen LogP contribution is 2.47. The molecule has 5 nitrogen and oxygen atoms in total. The largest absolute Gasteiger partial charge is 0.375 e. The molecule has 3 rings (SSSR count). The standard InChI is InChI=1S/C14H24N4O/c1-10-8-12(18(2)17-10)13(16-15)11-4-7-19-14(9-11)5-3-6-14/h8,11,13,16H,3-7,9,15H2,1-2H3. The topological polar surface area (TPSA) is 65.1 Å². The third kappa shape index (κ3) is 2.30. The predicted octanol–water partition coefficient (Wildman–Crippen LogP) is 1.58. The number of nitrogens with two attached hydrogens (primary N) is 1. The fourth-order valence-electron chi connectivity index (χ4n) is 3.65. The third-order valence-corrected chi connectivity index (χ3v) is 4.80. The SMILES string of the molecule is Cc1cc(C(NN)C2CCOC3(CCC3)C2)n(C)n1. The van der Waals surface area contributed by atoms with Crippen molar-refractivity contribution in [1.82, 2.24) is 15.2 Å². The van der Waals surface area contributed by atoms with Gasteiger partial charge in [-0.25, -0.2) is 0 Å². The van der Waals surface area contributed by atoms with Crippen LogP contribution in [0.4, 0.5) is 0 Å². The molecule has 3 N–H and O–H groups in total. The number of hydrogen-bond acceptors (Lipinski definition) is 4. The molecule has 19 heavy (non-hydrogen) atoms. The Morgan fingerprint density at radius 1 is 1.58 bits per heavy atom. The first-order valence-corrected chi connectivity index (χ1v) is 7.24. The highest BCUT2D eigenvalue weighted by molar-refractivity contribution is 5.15. The minimum absolute atomic E-state index is 0.158. The molecule has 0 amide bonds. The second kappa shape index (κ2) is 4.89. The Kier molecular flexibility index (Phi) is 3.37. The average molecular weight is 264 g/mol. The first-order valence-electron chi connectivity index (χ1n) is 7.24. The lowest BCUT2D eigenvalue weighted by atomic mass is 9.70. The normalized spacial score (nSPS) is 27.2. The van der Waals surface area contributed by atoms with Crippen LogP contribution < -0.4 is 11.3 Å². The van der Waals surface area contributed by atoms with Gasteiger partial charge in [-0.15, -0.1) is 0 Å². The molecule has 2 heterocycles. The summed E-state index contributed by atoms with van der Waals surface area (Å²) in [6.07, 6.45) is 5.92. The van der Waals surface area contributed by atoms with Crippen LogP contribution in [0.2, 0.25) is 0 Å². The second-order valence-electron chi connectivity index (χ2n) is 6.12. The van der Waals surface area contributed by atoms with Crippen molar-refractivity contribution in [2.45, 2.75) is 50.7 Å². The quantitative estimate of drug-likeness (QED) is 0.642. The highest BCUT2D eigenvalue weighted by atomic mass is 16.5. The Labute approximate surface area is 114 Å². The number of aromatic nitrogens is 2. The number of hydrogen-bond donors (Lipinski definition) is 2. The van der Waals surface area contributed by atoms with E-state index in [1.807, 2.05) is 18.7 Å². The van der Waals surface area contributed by atoms with Crippen molar-refractivity contribution in [1.29, 1.82) is 0 Å². The lowest BCUT2D eigenvalue weighted by Crippen LogP contribution is -2.49. The molecule has 2 atom stereocenters. The monoisotopic (exact) mass is 264 g/mol. The lowest BCUT2D eigenvalue weighted by molar-refractivity contribution is -0.147. The van der Waals surface area contributed by atoms with Gasteiger partial charge in [0.25, 0.3) is 0 Å². The van der Waals surface area contributed by atoms with E-state index in [0.29, 0.717) is 5.92 Å². The van der Waals surface area contributed by atoms with Gasteiger partial charge < -0.3 is 4.74 Å². The van der Waals surface area contributed by atoms with Gasteiger partial charge in [0.05, 0.1) is 23.0 Å². The van der Waals surface area contributed by atoms with Gasteiger partial charge in [0.2, 0.25) is 0 Å². The van der Waals surface area contributed by atoms with E-state index in [1.165, 1.54) is 25.0 Å². The Balaban J connectivity index is 1.80. The molecule has 1 aliphatic heterocycles. The fourth-order valence-corrected chi connectivity index (χ4v) is 3.65. The fraction of sp³-hybridized carbons (Fsp3) is 0.786. The van der Waals surface area contributed by atoms with E-state index >= 15 is 0 Å². The van der Waals surface area contributed by atoms with Gasteiger partial charge in [-0.2, -0.15) is 5.10 Å². The molecule has 0 bridgehead atoms. The van der Waals surface area contributed by atoms with Crippen molar-refractivity contribution in [2.75, 3.05) is 6.61 Å². The van der Waals surface area contributed by atoms with Gasteiger partial charge in [-0.05, 0) is 51.0 Å². The van der Waals surface area contributed by atoms with Crippen molar-refractivity contribution < 1.29 is 4.74 Å². The van der Waals surface area contributed by atoms with Gasteiger partial charge in [-0.3, -0.25) is 16.0 Å². The van der Waals surface area contributed by atoms with E-state index in [9.17, 15) is 0 Å². The molecule has 0 aromatic carbocycles. The summed E-state index contributed by atoms with van der Waals surface area (Å²) in [6.45, 7) is 2.88. The van der Waals surface area contributed by atoms with E-state index in [4.69, 9.17) is 10.6 Å². The number of nitrogens with zero attached hydrogens (tertiary/aromatic N) is 2. The summed E-state index contributed by atoms with van der Waals surface area (Å²) in [5, 5.41) is 4.44. The van der Waals surface area contributed by atoms with Crippen LogP contribution >= 0.6 is 0 Å². The Morgan fingerprint density at radius 3 is 2.89 bits per heavy atom. The highest BCUT2D eigenvalue weighted by Gasteiger charge is 2.44. The number of ether oxygens (including phenoxy) is 1. The maximum Gasteiger partial charge on any atom is 0.0686 e. The van der Waals surface area contributed by atoms with Gasteiger partial charge in [0.15, 0.2) is 0 Å². The van der Waals surface area contributed by atoms with E-state index < -0.39 is 0 Å². The molecule has 1 saturated heterocycles. The number of aryl methyl sites for hydroxylation is 2. The zero-order valence-corrected chi connectivity index (χ0v) is 11.9. The summed E-state index contributed by atoms with van der Waals surface area (Å²) in [6, 6.07) is 2.31. The van der Waals surface area contributed by atoms with Crippen molar-refractivity contribution in [3.8, 4) is 0 Å². The molecule has 1 spiro atoms. The summed E-state index contributed by atoms with van der Waals surface area (Å²) in [7, 11) is 1.99. The van der Waals surface area contributed by atoms with Gasteiger partial charge >= 0.3 is 0 Å². The molecule has 0 radical (unpaired) electrons. The van der Waals surface area contributed by atoms with Crippen LogP contribution in [0.25, 0.3) is 0 Å². The number of hydrazine groups is 1. The van der Waals surface area contributed by atoms with Crippen LogP contribution in [-0.2, 0) is 11.8 Å². The van der Waals surface area contributed by atoms with E-state index in [-0.39, 0.29) is 11.6 Å². The van der Waals surface area contributed by atoms with Crippen LogP contribution in [0.15, 0.2) is 6.07 Å². The lowest BCUT2D eigenvalue weighted by Gasteiger charge is -2.48. The van der Waals surface area contributed by atoms with Crippen LogP contribution in [0.1, 0.15) is 49.5 Å². The van der Waals surface area contributed by atoms with Crippen LogP contribution in [0, 0.1) is 12.8 Å². The Hall–Kier alpha value is -0.910. The molecule has 1 aromatic heterocycles. The zero-order chi connectivity index (χ0) is 13.5. The number of rotatable bonds is 3. The van der Waals surface area contributed by atoms with Crippen molar-refractivity contribution in [2.24, 2.45) is 18.8 Å². The van der Waals surface area contributed by atoms with Crippen molar-refractivity contribution in [3.05, 3.63) is 17.5 Å². The van der Waals surface area contributed by atoms with Crippen LogP contribution in [0.3, 0.4) is 0 Å². The molecule has 106 valence electrons. The second-order valence-corrected chi connectivity index (χ2v) is 6.12. The maximum absolute atomic E-state index is 6.01. The Bertz CT molecular complexity index is 452. The van der Waals surface area contributed by atoms with E-state index in [1.54, 1.807) is 0 Å². The molecule has 5 heteroatoms. The first kappa shape index (κ1) is 13.1. The van der Waals surface area contributed by atoms with Crippen LogP contribution in [0.5, 0.6) is 0 Å². The third-order valence-electron chi connectivity index (χ3n) is 4.80. The van der Waals surface area contributed by atoms with Gasteiger partial charge in [0.1, 0.15) is 0 Å². The molecule has 2 unspecified atom stereocenters. The molecular weight excluding hydrogens is 240 g/mol. The summed E-state index contributed by atoms with van der Waals surface area (Å²) in [5.74, 6) is 6.37. The van der Waals surface area contributed by atoms with E-state index in [0.717, 1.165) is 25.1 Å².